The van der Waals surface area contributed by atoms with Crippen molar-refractivity contribution in [2.24, 2.45) is 0 Å². The van der Waals surface area contributed by atoms with E-state index in [1.165, 1.54) is 0 Å². The molecule has 0 N–H and O–H groups in total. The quantitative estimate of drug-likeness (QED) is 0.619. The summed E-state index contributed by atoms with van der Waals surface area (Å²) in [6.07, 6.45) is 4.02. The van der Waals surface area contributed by atoms with Gasteiger partial charge in [0.15, 0.2) is 0 Å². The number of fused-ring (bicyclic) bond motifs is 1. The van der Waals surface area contributed by atoms with E-state index >= 15 is 0 Å². The Morgan fingerprint density at radius 3 is 2.50 bits per heavy atom. The molecule has 0 radical (unpaired) electrons. The number of nitriles is 1. The number of para-hydroxylation sites is 2. The molecule has 2 nitrogen and oxygen atoms in total. The van der Waals surface area contributed by atoms with Crippen LogP contribution in [0.4, 0.5) is 0 Å². The van der Waals surface area contributed by atoms with Crippen molar-refractivity contribution in [1.29, 1.82) is 5.26 Å². The number of aromatic nitrogens is 1. The van der Waals surface area contributed by atoms with Gasteiger partial charge in [-0.05, 0) is 31.2 Å². The molecule has 1 heterocycles. The monoisotopic (exact) mass is 258 g/mol. The lowest BCUT2D eigenvalue weighted by molar-refractivity contribution is 1.13. The Morgan fingerprint density at radius 1 is 1.05 bits per heavy atom. The third-order valence-electron chi connectivity index (χ3n) is 3.33. The molecule has 0 saturated heterocycles. The Hall–Kier alpha value is -2.79. The van der Waals surface area contributed by atoms with E-state index < -0.39 is 0 Å². The van der Waals surface area contributed by atoms with Crippen LogP contribution in [0.2, 0.25) is 0 Å². The summed E-state index contributed by atoms with van der Waals surface area (Å²) in [4.78, 5) is 0. The van der Waals surface area contributed by atoms with Crippen molar-refractivity contribution in [3.05, 3.63) is 71.9 Å². The molecule has 0 fully saturated rings. The maximum absolute atomic E-state index is 8.97. The average Bonchev–Trinajstić information content (AvgIpc) is 2.87. The van der Waals surface area contributed by atoms with E-state index in [9.17, 15) is 0 Å². The first-order valence-corrected chi connectivity index (χ1v) is 6.53. The van der Waals surface area contributed by atoms with Gasteiger partial charge >= 0.3 is 0 Å². The number of hydrogen-bond donors (Lipinski definition) is 0. The predicted octanol–water partition coefficient (Wildman–Crippen LogP) is 4.56. The standard InChI is InChI=1S/C18H14N2/c1-14(12-19)11-15-13-20(16-7-3-2-4-8-16)18-10-6-5-9-17(15)18/h2-11,13H,1H3/b14-11+. The molecule has 20 heavy (non-hydrogen) atoms. The molecule has 0 amide bonds. The molecular weight excluding hydrogens is 244 g/mol. The zero-order valence-electron chi connectivity index (χ0n) is 11.2. The Balaban J connectivity index is 2.28. The van der Waals surface area contributed by atoms with Crippen molar-refractivity contribution in [2.75, 3.05) is 0 Å². The third kappa shape index (κ3) is 2.10. The molecule has 2 aromatic carbocycles. The molecule has 0 aliphatic heterocycles. The van der Waals surface area contributed by atoms with E-state index in [1.54, 1.807) is 0 Å². The average molecular weight is 258 g/mol. The predicted molar refractivity (Wildman–Crippen MR) is 82.5 cm³/mol. The minimum Gasteiger partial charge on any atom is -0.316 e. The van der Waals surface area contributed by atoms with Crippen LogP contribution in [0.3, 0.4) is 0 Å². The van der Waals surface area contributed by atoms with Gasteiger partial charge in [0, 0.05) is 28.4 Å². The zero-order valence-corrected chi connectivity index (χ0v) is 11.2. The highest BCUT2D eigenvalue weighted by Gasteiger charge is 2.07. The van der Waals surface area contributed by atoms with Crippen LogP contribution in [0.1, 0.15) is 12.5 Å². The maximum Gasteiger partial charge on any atom is 0.0944 e. The summed E-state index contributed by atoms with van der Waals surface area (Å²) in [6.45, 7) is 1.83. The second kappa shape index (κ2) is 5.07. The van der Waals surface area contributed by atoms with E-state index in [0.29, 0.717) is 5.57 Å². The van der Waals surface area contributed by atoms with Gasteiger partial charge < -0.3 is 4.57 Å². The molecule has 0 spiro atoms. The first-order chi connectivity index (χ1) is 9.79. The van der Waals surface area contributed by atoms with Gasteiger partial charge in [-0.25, -0.2) is 0 Å². The van der Waals surface area contributed by atoms with Crippen LogP contribution in [-0.4, -0.2) is 4.57 Å². The molecule has 0 aliphatic rings. The first-order valence-electron chi connectivity index (χ1n) is 6.53. The second-order valence-electron chi connectivity index (χ2n) is 4.75. The van der Waals surface area contributed by atoms with Gasteiger partial charge in [-0.3, -0.25) is 0 Å². The lowest BCUT2D eigenvalue weighted by Crippen LogP contribution is -1.90. The normalized spacial score (nSPS) is 11.5. The van der Waals surface area contributed by atoms with Gasteiger partial charge in [0.25, 0.3) is 0 Å². The van der Waals surface area contributed by atoms with E-state index in [1.807, 2.05) is 43.3 Å². The van der Waals surface area contributed by atoms with Crippen molar-refractivity contribution in [3.8, 4) is 11.8 Å². The zero-order chi connectivity index (χ0) is 13.9. The van der Waals surface area contributed by atoms with Crippen LogP contribution in [0.5, 0.6) is 0 Å². The fourth-order valence-corrected chi connectivity index (χ4v) is 2.39. The highest BCUT2D eigenvalue weighted by Crippen LogP contribution is 2.26. The van der Waals surface area contributed by atoms with Gasteiger partial charge in [-0.1, -0.05) is 36.4 Å². The van der Waals surface area contributed by atoms with Crippen LogP contribution < -0.4 is 0 Å². The maximum atomic E-state index is 8.97. The molecular formula is C18H14N2. The summed E-state index contributed by atoms with van der Waals surface area (Å²) in [6, 6.07) is 20.7. The van der Waals surface area contributed by atoms with E-state index in [-0.39, 0.29) is 0 Å². The minimum atomic E-state index is 0.709. The van der Waals surface area contributed by atoms with Crippen LogP contribution in [0.15, 0.2) is 66.4 Å². The van der Waals surface area contributed by atoms with Gasteiger partial charge in [-0.15, -0.1) is 0 Å². The van der Waals surface area contributed by atoms with Crippen LogP contribution in [-0.2, 0) is 0 Å². The summed E-state index contributed by atoms with van der Waals surface area (Å²) in [5.41, 5.74) is 4.05. The van der Waals surface area contributed by atoms with Gasteiger partial charge in [0.2, 0.25) is 0 Å². The Morgan fingerprint density at radius 2 is 1.75 bits per heavy atom. The van der Waals surface area contributed by atoms with E-state index in [4.69, 9.17) is 5.26 Å². The number of nitrogens with zero attached hydrogens (tertiary/aromatic N) is 2. The number of rotatable bonds is 2. The molecule has 0 unspecified atom stereocenters. The molecule has 0 saturated carbocycles. The summed E-state index contributed by atoms with van der Waals surface area (Å²) in [5, 5.41) is 10.1. The third-order valence-corrected chi connectivity index (χ3v) is 3.33. The van der Waals surface area contributed by atoms with Gasteiger partial charge in [0.05, 0.1) is 11.6 Å². The summed E-state index contributed by atoms with van der Waals surface area (Å²) in [7, 11) is 0. The smallest absolute Gasteiger partial charge is 0.0944 e. The summed E-state index contributed by atoms with van der Waals surface area (Å²) < 4.78 is 2.16. The molecule has 0 bridgehead atoms. The lowest BCUT2D eigenvalue weighted by atomic mass is 10.1. The largest absolute Gasteiger partial charge is 0.316 e. The minimum absolute atomic E-state index is 0.709. The van der Waals surface area contributed by atoms with Crippen molar-refractivity contribution >= 4 is 17.0 Å². The molecule has 0 atom stereocenters. The Kier molecular flexibility index (Phi) is 3.10. The lowest BCUT2D eigenvalue weighted by Gasteiger charge is -2.04. The van der Waals surface area contributed by atoms with Gasteiger partial charge in [-0.2, -0.15) is 5.26 Å². The first kappa shape index (κ1) is 12.3. The highest BCUT2D eigenvalue weighted by atomic mass is 15.0. The van der Waals surface area contributed by atoms with Crippen molar-refractivity contribution < 1.29 is 0 Å². The Labute approximate surface area is 118 Å². The summed E-state index contributed by atoms with van der Waals surface area (Å²) in [5.74, 6) is 0. The number of hydrogen-bond acceptors (Lipinski definition) is 1. The number of benzene rings is 2. The fourth-order valence-electron chi connectivity index (χ4n) is 2.39. The fraction of sp³-hybridized carbons (Fsp3) is 0.0556. The van der Waals surface area contributed by atoms with Gasteiger partial charge in [0.1, 0.15) is 0 Å². The van der Waals surface area contributed by atoms with Crippen molar-refractivity contribution in [3.63, 3.8) is 0 Å². The second-order valence-corrected chi connectivity index (χ2v) is 4.75. The van der Waals surface area contributed by atoms with Crippen molar-refractivity contribution in [2.45, 2.75) is 6.92 Å². The highest BCUT2D eigenvalue weighted by molar-refractivity contribution is 5.91. The Bertz CT molecular complexity index is 817. The van der Waals surface area contributed by atoms with E-state index in [2.05, 4.69) is 41.1 Å². The molecule has 96 valence electrons. The van der Waals surface area contributed by atoms with Crippen LogP contribution in [0, 0.1) is 11.3 Å². The summed E-state index contributed by atoms with van der Waals surface area (Å²) >= 11 is 0. The van der Waals surface area contributed by atoms with Crippen molar-refractivity contribution in [1.82, 2.24) is 4.57 Å². The SMILES string of the molecule is C/C(C#N)=C\c1cn(-c2ccccc2)c2ccccc12. The molecule has 3 aromatic rings. The number of allylic oxidation sites excluding steroid dienone is 1. The molecule has 3 rings (SSSR count). The topological polar surface area (TPSA) is 28.7 Å². The molecule has 0 aliphatic carbocycles. The molecule has 1 aromatic heterocycles. The van der Waals surface area contributed by atoms with E-state index in [0.717, 1.165) is 22.2 Å². The van der Waals surface area contributed by atoms with Crippen LogP contribution >= 0.6 is 0 Å². The van der Waals surface area contributed by atoms with Crippen LogP contribution in [0.25, 0.3) is 22.7 Å². The molecule has 2 heteroatoms.